The maximum atomic E-state index is 13.1. The highest BCUT2D eigenvalue weighted by atomic mass is 16.5. The van der Waals surface area contributed by atoms with Gasteiger partial charge in [-0.2, -0.15) is 0 Å². The van der Waals surface area contributed by atoms with Crippen molar-refractivity contribution in [2.24, 2.45) is 0 Å². The minimum atomic E-state index is -0.954. The number of nitrogens with zero attached hydrogens (tertiary/aromatic N) is 4. The average Bonchev–Trinajstić information content (AvgIpc) is 3.02. The molecule has 2 N–H and O–H groups in total. The summed E-state index contributed by atoms with van der Waals surface area (Å²) < 4.78 is 5.09. The van der Waals surface area contributed by atoms with E-state index in [1.165, 1.54) is 19.1 Å². The highest BCUT2D eigenvalue weighted by Gasteiger charge is 2.35. The van der Waals surface area contributed by atoms with Crippen LogP contribution in [0.25, 0.3) is 0 Å². The van der Waals surface area contributed by atoms with Gasteiger partial charge in [-0.1, -0.05) is 12.1 Å². The number of carbonyl (C=O) groups is 2. The van der Waals surface area contributed by atoms with Gasteiger partial charge in [0.2, 0.25) is 5.88 Å². The topological polar surface area (TPSA) is 108 Å². The van der Waals surface area contributed by atoms with Gasteiger partial charge in [-0.05, 0) is 49.3 Å². The number of urea groups is 1. The van der Waals surface area contributed by atoms with Crippen LogP contribution in [0, 0.1) is 0 Å². The third-order valence-electron chi connectivity index (χ3n) is 6.29. The minimum absolute atomic E-state index is 0.131. The molecule has 9 nitrogen and oxygen atoms in total. The molecule has 4 heterocycles. The number of methoxy groups -OCH3 is 1. The minimum Gasteiger partial charge on any atom is -0.481 e. The first-order chi connectivity index (χ1) is 16.0. The highest BCUT2D eigenvalue weighted by Crippen LogP contribution is 2.29. The Morgan fingerprint density at radius 3 is 2.88 bits per heavy atom. The molecule has 1 unspecified atom stereocenters. The molecule has 1 fully saturated rings. The molecule has 1 atom stereocenters. The summed E-state index contributed by atoms with van der Waals surface area (Å²) in [4.78, 5) is 37.0. The lowest BCUT2D eigenvalue weighted by atomic mass is 10.0. The summed E-state index contributed by atoms with van der Waals surface area (Å²) in [7, 11) is 1.52. The molecule has 0 radical (unpaired) electrons. The molecule has 2 aromatic heterocycles. The van der Waals surface area contributed by atoms with E-state index in [0.717, 1.165) is 43.7 Å². The van der Waals surface area contributed by atoms with Gasteiger partial charge in [0.05, 0.1) is 19.6 Å². The van der Waals surface area contributed by atoms with Crippen molar-refractivity contribution in [3.8, 4) is 5.88 Å². The number of carbonyl (C=O) groups excluding carboxylic acids is 1. The van der Waals surface area contributed by atoms with Crippen molar-refractivity contribution in [3.63, 3.8) is 0 Å². The molecular formula is C24H31N5O4. The number of carboxylic acid groups (broad SMARTS) is 1. The first-order valence-corrected chi connectivity index (χ1v) is 11.5. The number of amides is 2. The Labute approximate surface area is 193 Å². The summed E-state index contributed by atoms with van der Waals surface area (Å²) in [5, 5.41) is 12.8. The fourth-order valence-corrected chi connectivity index (χ4v) is 4.50. The number of ether oxygens (including phenoxy) is 1. The number of fused-ring (bicyclic) bond motifs is 1. The van der Waals surface area contributed by atoms with Crippen LogP contribution < -0.4 is 10.1 Å². The van der Waals surface area contributed by atoms with Crippen LogP contribution in [-0.2, 0) is 17.6 Å². The second kappa shape index (κ2) is 10.5. The first-order valence-electron chi connectivity index (χ1n) is 11.5. The largest absolute Gasteiger partial charge is 0.481 e. The molecule has 2 amide bonds. The summed E-state index contributed by atoms with van der Waals surface area (Å²) in [6, 6.07) is 7.02. The van der Waals surface area contributed by atoms with Crippen molar-refractivity contribution >= 4 is 17.8 Å². The van der Waals surface area contributed by atoms with Gasteiger partial charge in [0.1, 0.15) is 5.82 Å². The van der Waals surface area contributed by atoms with Crippen molar-refractivity contribution in [3.05, 3.63) is 47.3 Å². The number of rotatable bonds is 9. The van der Waals surface area contributed by atoms with Gasteiger partial charge < -0.3 is 25.0 Å². The van der Waals surface area contributed by atoms with Crippen molar-refractivity contribution in [2.45, 2.75) is 44.6 Å². The van der Waals surface area contributed by atoms with E-state index in [1.807, 2.05) is 0 Å². The molecule has 33 heavy (non-hydrogen) atoms. The second-order valence-corrected chi connectivity index (χ2v) is 8.51. The molecule has 1 saturated heterocycles. The third-order valence-corrected chi connectivity index (χ3v) is 6.29. The van der Waals surface area contributed by atoms with Gasteiger partial charge in [0, 0.05) is 44.1 Å². The molecule has 0 bridgehead atoms. The lowest BCUT2D eigenvalue weighted by molar-refractivity contribution is -0.138. The van der Waals surface area contributed by atoms with Crippen molar-refractivity contribution in [1.82, 2.24) is 19.8 Å². The molecular weight excluding hydrogens is 422 g/mol. The predicted molar refractivity (Wildman–Crippen MR) is 123 cm³/mol. The Bertz CT molecular complexity index is 981. The normalized spacial score (nSPS) is 16.7. The van der Waals surface area contributed by atoms with E-state index >= 15 is 0 Å². The van der Waals surface area contributed by atoms with E-state index in [9.17, 15) is 14.7 Å². The fraction of sp³-hybridized carbons (Fsp3) is 0.500. The lowest BCUT2D eigenvalue weighted by Crippen LogP contribution is -2.36. The number of anilines is 1. The van der Waals surface area contributed by atoms with Gasteiger partial charge in [0.25, 0.3) is 0 Å². The molecule has 0 aromatic carbocycles. The number of aryl methyl sites for hydroxylation is 2. The van der Waals surface area contributed by atoms with Gasteiger partial charge in [-0.25, -0.2) is 14.8 Å². The number of hydrogen-bond donors (Lipinski definition) is 2. The van der Waals surface area contributed by atoms with E-state index in [4.69, 9.17) is 9.72 Å². The summed E-state index contributed by atoms with van der Waals surface area (Å²) >= 11 is 0. The van der Waals surface area contributed by atoms with E-state index in [-0.39, 0.29) is 12.5 Å². The van der Waals surface area contributed by atoms with Crippen molar-refractivity contribution in [2.75, 3.05) is 38.6 Å². The molecule has 2 aliphatic heterocycles. The van der Waals surface area contributed by atoms with E-state index in [1.54, 1.807) is 28.1 Å². The molecule has 176 valence electrons. The summed E-state index contributed by atoms with van der Waals surface area (Å²) in [5.41, 5.74) is 2.99. The number of hydrogen-bond acceptors (Lipinski definition) is 6. The lowest BCUT2D eigenvalue weighted by Gasteiger charge is -2.27. The SMILES string of the molecule is COc1ccc(C(CC(=O)O)N2CCN(CCCc3ccc4c(n3)NCCCC4)C2=O)cn1. The van der Waals surface area contributed by atoms with Crippen molar-refractivity contribution < 1.29 is 19.4 Å². The maximum Gasteiger partial charge on any atom is 0.320 e. The van der Waals surface area contributed by atoms with Crippen LogP contribution in [0.3, 0.4) is 0 Å². The summed E-state index contributed by atoms with van der Waals surface area (Å²) in [5.74, 6) is 0.492. The molecule has 2 aromatic rings. The Kier molecular flexibility index (Phi) is 7.26. The van der Waals surface area contributed by atoms with E-state index in [0.29, 0.717) is 31.1 Å². The zero-order chi connectivity index (χ0) is 23.2. The van der Waals surface area contributed by atoms with Crippen LogP contribution in [0.1, 0.15) is 48.5 Å². The van der Waals surface area contributed by atoms with Gasteiger partial charge in [-0.3, -0.25) is 4.79 Å². The van der Waals surface area contributed by atoms with Crippen LogP contribution in [0.2, 0.25) is 0 Å². The Morgan fingerprint density at radius 2 is 2.12 bits per heavy atom. The van der Waals surface area contributed by atoms with Crippen LogP contribution in [0.4, 0.5) is 10.6 Å². The van der Waals surface area contributed by atoms with Crippen LogP contribution in [0.15, 0.2) is 30.5 Å². The Morgan fingerprint density at radius 1 is 1.24 bits per heavy atom. The van der Waals surface area contributed by atoms with E-state index < -0.39 is 12.0 Å². The van der Waals surface area contributed by atoms with Gasteiger partial charge in [-0.15, -0.1) is 0 Å². The van der Waals surface area contributed by atoms with E-state index in [2.05, 4.69) is 22.4 Å². The zero-order valence-electron chi connectivity index (χ0n) is 19.0. The third kappa shape index (κ3) is 5.53. The monoisotopic (exact) mass is 453 g/mol. The van der Waals surface area contributed by atoms with Gasteiger partial charge in [0.15, 0.2) is 0 Å². The average molecular weight is 454 g/mol. The standard InChI is InChI=1S/C24H31N5O4/c1-33-21-10-8-18(16-26-21)20(15-22(30)31)29-14-13-28(24(29)32)12-4-6-19-9-7-17-5-2-3-11-25-23(17)27-19/h7-10,16,20H,2-6,11-15H2,1H3,(H,25,27)(H,30,31). The van der Waals surface area contributed by atoms with Crippen LogP contribution in [-0.4, -0.2) is 70.2 Å². The fourth-order valence-electron chi connectivity index (χ4n) is 4.50. The molecule has 4 rings (SSSR count). The predicted octanol–water partition coefficient (Wildman–Crippen LogP) is 3.12. The number of nitrogens with one attached hydrogen (secondary N) is 1. The quantitative estimate of drug-likeness (QED) is 0.601. The second-order valence-electron chi connectivity index (χ2n) is 8.51. The Balaban J connectivity index is 1.36. The van der Waals surface area contributed by atoms with Crippen molar-refractivity contribution in [1.29, 1.82) is 0 Å². The van der Waals surface area contributed by atoms with Gasteiger partial charge >= 0.3 is 12.0 Å². The molecule has 9 heteroatoms. The molecule has 0 saturated carbocycles. The Hall–Kier alpha value is -3.36. The summed E-state index contributed by atoms with van der Waals surface area (Å²) in [6.45, 7) is 2.65. The highest BCUT2D eigenvalue weighted by molar-refractivity contribution is 5.78. The van der Waals surface area contributed by atoms with Crippen LogP contribution in [0.5, 0.6) is 5.88 Å². The number of aromatic nitrogens is 2. The molecule has 0 spiro atoms. The molecule has 2 aliphatic rings. The first kappa shape index (κ1) is 22.8. The number of aliphatic carboxylic acids is 1. The molecule has 0 aliphatic carbocycles. The maximum absolute atomic E-state index is 13.1. The van der Waals surface area contributed by atoms with Crippen LogP contribution >= 0.6 is 0 Å². The number of carboxylic acids is 1. The summed E-state index contributed by atoms with van der Waals surface area (Å²) in [6.07, 6.45) is 6.42. The smallest absolute Gasteiger partial charge is 0.320 e. The zero-order valence-corrected chi connectivity index (χ0v) is 19.0. The number of pyridine rings is 2.